The maximum absolute atomic E-state index is 12.7. The molecule has 0 bridgehead atoms. The summed E-state index contributed by atoms with van der Waals surface area (Å²) >= 11 is 0. The topological polar surface area (TPSA) is 99.6 Å². The predicted octanol–water partition coefficient (Wildman–Crippen LogP) is 1.95. The van der Waals surface area contributed by atoms with Gasteiger partial charge in [0.15, 0.2) is 5.82 Å². The van der Waals surface area contributed by atoms with E-state index in [4.69, 9.17) is 14.2 Å². The van der Waals surface area contributed by atoms with Crippen molar-refractivity contribution in [2.45, 2.75) is 12.5 Å². The van der Waals surface area contributed by atoms with E-state index in [0.717, 1.165) is 12.0 Å². The summed E-state index contributed by atoms with van der Waals surface area (Å²) in [6, 6.07) is 7.16. The number of anilines is 1. The molecule has 27 heavy (non-hydrogen) atoms. The molecule has 0 radical (unpaired) electrons. The van der Waals surface area contributed by atoms with E-state index in [-0.39, 0.29) is 17.5 Å². The highest BCUT2D eigenvalue weighted by atomic mass is 32.2. The van der Waals surface area contributed by atoms with Gasteiger partial charge in [-0.25, -0.2) is 13.4 Å². The highest BCUT2D eigenvalue weighted by molar-refractivity contribution is 7.92. The second-order valence-electron chi connectivity index (χ2n) is 6.26. The number of benzene rings is 1. The minimum atomic E-state index is -3.68. The number of nitrogens with zero attached hydrogens (tertiary/aromatic N) is 2. The summed E-state index contributed by atoms with van der Waals surface area (Å²) in [6.45, 7) is 1.14. The molecule has 0 saturated carbocycles. The summed E-state index contributed by atoms with van der Waals surface area (Å²) in [7, 11) is -0.585. The van der Waals surface area contributed by atoms with Crippen molar-refractivity contribution >= 4 is 15.8 Å². The third kappa shape index (κ3) is 4.94. The lowest BCUT2D eigenvalue weighted by molar-refractivity contribution is 0.0612. The molecule has 1 fully saturated rings. The molecule has 2 heterocycles. The van der Waals surface area contributed by atoms with Gasteiger partial charge in [-0.05, 0) is 30.7 Å². The molecule has 0 amide bonds. The van der Waals surface area contributed by atoms with Crippen LogP contribution >= 0.6 is 0 Å². The van der Waals surface area contributed by atoms with Gasteiger partial charge in [0.25, 0.3) is 0 Å². The monoisotopic (exact) mass is 393 g/mol. The van der Waals surface area contributed by atoms with Gasteiger partial charge < -0.3 is 14.2 Å². The van der Waals surface area contributed by atoms with Crippen molar-refractivity contribution < 1.29 is 22.6 Å². The zero-order chi connectivity index (χ0) is 19.3. The molecule has 2 atom stereocenters. The number of nitrogens with one attached hydrogen (secondary N) is 1. The Morgan fingerprint density at radius 1 is 1.22 bits per heavy atom. The third-order valence-electron chi connectivity index (χ3n) is 4.49. The average Bonchev–Trinajstić information content (AvgIpc) is 3.21. The zero-order valence-corrected chi connectivity index (χ0v) is 16.1. The van der Waals surface area contributed by atoms with Crippen LogP contribution in [-0.4, -0.2) is 57.7 Å². The van der Waals surface area contributed by atoms with E-state index < -0.39 is 16.1 Å². The van der Waals surface area contributed by atoms with Crippen LogP contribution in [-0.2, 0) is 19.5 Å². The molecule has 1 aliphatic rings. The predicted molar refractivity (Wildman–Crippen MR) is 101 cm³/mol. The van der Waals surface area contributed by atoms with Gasteiger partial charge in [0, 0.05) is 37.6 Å². The van der Waals surface area contributed by atoms with Gasteiger partial charge in [-0.15, -0.1) is 0 Å². The van der Waals surface area contributed by atoms with Crippen molar-refractivity contribution in [3.05, 3.63) is 36.7 Å². The van der Waals surface area contributed by atoms with Gasteiger partial charge >= 0.3 is 0 Å². The fourth-order valence-corrected chi connectivity index (χ4v) is 4.39. The van der Waals surface area contributed by atoms with Crippen LogP contribution in [0.5, 0.6) is 5.75 Å². The van der Waals surface area contributed by atoms with Crippen LogP contribution in [0.4, 0.5) is 5.82 Å². The second-order valence-corrected chi connectivity index (χ2v) is 8.03. The molecular weight excluding hydrogens is 370 g/mol. The maximum atomic E-state index is 12.7. The fourth-order valence-electron chi connectivity index (χ4n) is 3.02. The molecule has 8 nitrogen and oxygen atoms in total. The summed E-state index contributed by atoms with van der Waals surface area (Å²) in [6.07, 6.45) is 3.32. The van der Waals surface area contributed by atoms with Crippen LogP contribution in [0.2, 0.25) is 0 Å². The number of hydrogen-bond donors (Lipinski definition) is 1. The lowest BCUT2D eigenvalue weighted by Crippen LogP contribution is -2.34. The molecular formula is C18H23N3O5S. The van der Waals surface area contributed by atoms with Gasteiger partial charge in [-0.2, -0.15) is 0 Å². The van der Waals surface area contributed by atoms with E-state index in [1.807, 2.05) is 0 Å². The maximum Gasteiger partial charge on any atom is 0.236 e. The Morgan fingerprint density at radius 3 is 2.59 bits per heavy atom. The van der Waals surface area contributed by atoms with Crippen LogP contribution in [0.1, 0.15) is 6.42 Å². The number of aromatic nitrogens is 2. The van der Waals surface area contributed by atoms with Gasteiger partial charge in [0.2, 0.25) is 10.0 Å². The molecule has 2 unspecified atom stereocenters. The number of rotatable bonds is 8. The van der Waals surface area contributed by atoms with Crippen LogP contribution in [0.15, 0.2) is 36.7 Å². The van der Waals surface area contributed by atoms with Gasteiger partial charge in [-0.3, -0.25) is 9.71 Å². The molecule has 0 spiro atoms. The SMILES string of the molecule is COc1ccc(-c2nccnc2NS(=O)(=O)CC(OC)C2CCOC2)cc1. The van der Waals surface area contributed by atoms with Crippen molar-refractivity contribution in [1.82, 2.24) is 9.97 Å². The second kappa shape index (κ2) is 8.64. The van der Waals surface area contributed by atoms with Crippen molar-refractivity contribution in [2.75, 3.05) is 37.9 Å². The summed E-state index contributed by atoms with van der Waals surface area (Å²) in [5.74, 6) is 0.775. The Hall–Kier alpha value is -2.23. The molecule has 2 aromatic rings. The van der Waals surface area contributed by atoms with Crippen molar-refractivity contribution in [3.8, 4) is 17.0 Å². The highest BCUT2D eigenvalue weighted by Crippen LogP contribution is 2.27. The van der Waals surface area contributed by atoms with E-state index in [1.54, 1.807) is 31.4 Å². The smallest absolute Gasteiger partial charge is 0.236 e. The van der Waals surface area contributed by atoms with Crippen molar-refractivity contribution in [2.24, 2.45) is 5.92 Å². The summed E-state index contributed by atoms with van der Waals surface area (Å²) in [4.78, 5) is 8.45. The van der Waals surface area contributed by atoms with E-state index >= 15 is 0 Å². The first-order valence-electron chi connectivity index (χ1n) is 8.59. The normalized spacial score (nSPS) is 18.2. The van der Waals surface area contributed by atoms with E-state index in [9.17, 15) is 8.42 Å². The van der Waals surface area contributed by atoms with E-state index in [1.165, 1.54) is 19.5 Å². The van der Waals surface area contributed by atoms with Crippen LogP contribution in [0.25, 0.3) is 11.3 Å². The molecule has 9 heteroatoms. The number of methoxy groups -OCH3 is 2. The van der Waals surface area contributed by atoms with E-state index in [0.29, 0.717) is 24.7 Å². The van der Waals surface area contributed by atoms with Crippen LogP contribution in [0.3, 0.4) is 0 Å². The molecule has 1 saturated heterocycles. The summed E-state index contributed by atoms with van der Waals surface area (Å²) in [5, 5.41) is 0. The fraction of sp³-hybridized carbons (Fsp3) is 0.444. The average molecular weight is 393 g/mol. The Kier molecular flexibility index (Phi) is 6.25. The molecule has 1 N–H and O–H groups in total. The molecule has 1 aliphatic heterocycles. The number of ether oxygens (including phenoxy) is 3. The first-order valence-corrected chi connectivity index (χ1v) is 10.2. The van der Waals surface area contributed by atoms with Crippen molar-refractivity contribution in [1.29, 1.82) is 0 Å². The Bertz CT molecular complexity index is 852. The standard InChI is InChI=1S/C18H23N3O5S/c1-24-15-5-3-13(4-6-15)17-18(20-9-8-19-17)21-27(22,23)12-16(25-2)14-7-10-26-11-14/h3-6,8-9,14,16H,7,10-12H2,1-2H3,(H,20,21). The van der Waals surface area contributed by atoms with Gasteiger partial charge in [0.05, 0.1) is 25.6 Å². The molecule has 1 aromatic heterocycles. The minimum Gasteiger partial charge on any atom is -0.497 e. The lowest BCUT2D eigenvalue weighted by Gasteiger charge is -2.21. The van der Waals surface area contributed by atoms with Gasteiger partial charge in [0.1, 0.15) is 11.4 Å². The quantitative estimate of drug-likeness (QED) is 0.732. The first-order chi connectivity index (χ1) is 13.0. The molecule has 1 aromatic carbocycles. The zero-order valence-electron chi connectivity index (χ0n) is 15.3. The summed E-state index contributed by atoms with van der Waals surface area (Å²) in [5.41, 5.74) is 1.18. The highest BCUT2D eigenvalue weighted by Gasteiger charge is 2.30. The largest absolute Gasteiger partial charge is 0.497 e. The molecule has 146 valence electrons. The molecule has 3 rings (SSSR count). The number of sulfonamides is 1. The summed E-state index contributed by atoms with van der Waals surface area (Å²) < 4.78 is 43.8. The molecule has 0 aliphatic carbocycles. The minimum absolute atomic E-state index is 0.0643. The Labute approximate surface area is 158 Å². The van der Waals surface area contributed by atoms with E-state index in [2.05, 4.69) is 14.7 Å². The first kappa shape index (κ1) is 19.5. The Morgan fingerprint density at radius 2 is 1.96 bits per heavy atom. The lowest BCUT2D eigenvalue weighted by atomic mass is 10.0. The number of hydrogen-bond acceptors (Lipinski definition) is 7. The Balaban J connectivity index is 1.79. The third-order valence-corrected chi connectivity index (χ3v) is 5.76. The van der Waals surface area contributed by atoms with Crippen LogP contribution in [0, 0.1) is 5.92 Å². The van der Waals surface area contributed by atoms with Crippen LogP contribution < -0.4 is 9.46 Å². The van der Waals surface area contributed by atoms with Crippen molar-refractivity contribution in [3.63, 3.8) is 0 Å². The van der Waals surface area contributed by atoms with Gasteiger partial charge in [-0.1, -0.05) is 0 Å².